The SMILES string of the molecule is COc1ccc(-c2nc(NC(=O)c3ccc(=O)n(CCOc4ccccc4)n3)sc2C)cc1. The molecule has 0 atom stereocenters. The van der Waals surface area contributed by atoms with Crippen molar-refractivity contribution in [2.75, 3.05) is 19.0 Å². The lowest BCUT2D eigenvalue weighted by atomic mass is 10.1. The fourth-order valence-electron chi connectivity index (χ4n) is 3.12. The van der Waals surface area contributed by atoms with Crippen LogP contribution in [0, 0.1) is 6.92 Å². The lowest BCUT2D eigenvalue weighted by Crippen LogP contribution is -2.28. The van der Waals surface area contributed by atoms with E-state index >= 15 is 0 Å². The molecule has 1 amide bonds. The van der Waals surface area contributed by atoms with Gasteiger partial charge in [-0.3, -0.25) is 14.9 Å². The maximum Gasteiger partial charge on any atom is 0.277 e. The molecule has 0 aliphatic rings. The Balaban J connectivity index is 1.44. The van der Waals surface area contributed by atoms with Crippen LogP contribution in [0.4, 0.5) is 5.13 Å². The Hall–Kier alpha value is -3.98. The van der Waals surface area contributed by atoms with Crippen LogP contribution in [-0.4, -0.2) is 34.4 Å². The van der Waals surface area contributed by atoms with Crippen molar-refractivity contribution in [2.45, 2.75) is 13.5 Å². The first-order valence-electron chi connectivity index (χ1n) is 10.2. The Bertz CT molecular complexity index is 1300. The van der Waals surface area contributed by atoms with E-state index in [-0.39, 0.29) is 24.4 Å². The summed E-state index contributed by atoms with van der Waals surface area (Å²) in [4.78, 5) is 30.4. The Morgan fingerprint density at radius 1 is 1.03 bits per heavy atom. The van der Waals surface area contributed by atoms with E-state index in [0.717, 1.165) is 21.9 Å². The summed E-state index contributed by atoms with van der Waals surface area (Å²) < 4.78 is 12.0. The summed E-state index contributed by atoms with van der Waals surface area (Å²) in [5.41, 5.74) is 1.52. The van der Waals surface area contributed by atoms with Crippen LogP contribution in [0.25, 0.3) is 11.3 Å². The molecule has 0 aliphatic carbocycles. The topological polar surface area (TPSA) is 95.3 Å². The maximum absolute atomic E-state index is 12.7. The van der Waals surface area contributed by atoms with Crippen molar-refractivity contribution >= 4 is 22.4 Å². The zero-order valence-electron chi connectivity index (χ0n) is 18.1. The minimum Gasteiger partial charge on any atom is -0.497 e. The number of ether oxygens (including phenoxy) is 2. The molecule has 2 aromatic carbocycles. The number of hydrogen-bond donors (Lipinski definition) is 1. The van der Waals surface area contributed by atoms with E-state index in [1.54, 1.807) is 7.11 Å². The van der Waals surface area contributed by atoms with Gasteiger partial charge in [0.1, 0.15) is 23.8 Å². The van der Waals surface area contributed by atoms with Crippen LogP contribution >= 0.6 is 11.3 Å². The van der Waals surface area contributed by atoms with Crippen molar-refractivity contribution in [1.29, 1.82) is 0 Å². The van der Waals surface area contributed by atoms with Gasteiger partial charge in [-0.2, -0.15) is 5.10 Å². The Morgan fingerprint density at radius 2 is 1.79 bits per heavy atom. The second-order valence-electron chi connectivity index (χ2n) is 7.05. The van der Waals surface area contributed by atoms with Crippen LogP contribution in [0.3, 0.4) is 0 Å². The monoisotopic (exact) mass is 462 g/mol. The number of hydrogen-bond acceptors (Lipinski definition) is 7. The number of nitrogens with one attached hydrogen (secondary N) is 1. The molecule has 33 heavy (non-hydrogen) atoms. The van der Waals surface area contributed by atoms with Gasteiger partial charge in [-0.05, 0) is 49.4 Å². The molecule has 0 saturated heterocycles. The first-order chi connectivity index (χ1) is 16.0. The molecule has 0 saturated carbocycles. The summed E-state index contributed by atoms with van der Waals surface area (Å²) in [6.07, 6.45) is 0. The fourth-order valence-corrected chi connectivity index (χ4v) is 3.96. The van der Waals surface area contributed by atoms with E-state index in [9.17, 15) is 9.59 Å². The minimum absolute atomic E-state index is 0.119. The van der Waals surface area contributed by atoms with Gasteiger partial charge < -0.3 is 9.47 Å². The van der Waals surface area contributed by atoms with Gasteiger partial charge in [-0.25, -0.2) is 9.67 Å². The molecular weight excluding hydrogens is 440 g/mol. The molecule has 0 spiro atoms. The number of para-hydroxylation sites is 1. The normalized spacial score (nSPS) is 10.6. The third-order valence-electron chi connectivity index (χ3n) is 4.79. The first-order valence-corrected chi connectivity index (χ1v) is 11.0. The highest BCUT2D eigenvalue weighted by atomic mass is 32.1. The van der Waals surface area contributed by atoms with E-state index in [2.05, 4.69) is 15.4 Å². The molecule has 0 aliphatic heterocycles. The molecule has 2 aromatic heterocycles. The number of amides is 1. The predicted molar refractivity (Wildman–Crippen MR) is 127 cm³/mol. The second-order valence-corrected chi connectivity index (χ2v) is 8.25. The van der Waals surface area contributed by atoms with Gasteiger partial charge in [0.15, 0.2) is 5.13 Å². The number of rotatable bonds is 8. The Kier molecular flexibility index (Phi) is 6.80. The Morgan fingerprint density at radius 3 is 2.52 bits per heavy atom. The number of carbonyl (C=O) groups is 1. The highest BCUT2D eigenvalue weighted by molar-refractivity contribution is 7.16. The van der Waals surface area contributed by atoms with E-state index in [4.69, 9.17) is 9.47 Å². The molecule has 2 heterocycles. The molecule has 8 nitrogen and oxygen atoms in total. The molecule has 4 rings (SSSR count). The van der Waals surface area contributed by atoms with Crippen molar-refractivity contribution < 1.29 is 14.3 Å². The van der Waals surface area contributed by atoms with Crippen LogP contribution in [0.15, 0.2) is 71.5 Å². The largest absolute Gasteiger partial charge is 0.497 e. The van der Waals surface area contributed by atoms with Crippen molar-refractivity contribution in [2.24, 2.45) is 0 Å². The van der Waals surface area contributed by atoms with Crippen molar-refractivity contribution in [1.82, 2.24) is 14.8 Å². The molecule has 0 radical (unpaired) electrons. The number of nitrogens with zero attached hydrogens (tertiary/aromatic N) is 3. The zero-order valence-corrected chi connectivity index (χ0v) is 19.0. The smallest absolute Gasteiger partial charge is 0.277 e. The molecule has 9 heteroatoms. The number of benzene rings is 2. The van der Waals surface area contributed by atoms with Gasteiger partial charge in [0, 0.05) is 16.5 Å². The summed E-state index contributed by atoms with van der Waals surface area (Å²) in [7, 11) is 1.62. The van der Waals surface area contributed by atoms with Gasteiger partial charge in [-0.1, -0.05) is 18.2 Å². The predicted octanol–water partition coefficient (Wildman–Crippen LogP) is 4.02. The van der Waals surface area contributed by atoms with Gasteiger partial charge >= 0.3 is 0 Å². The number of aryl methyl sites for hydroxylation is 1. The lowest BCUT2D eigenvalue weighted by molar-refractivity contribution is 0.101. The van der Waals surface area contributed by atoms with Crippen LogP contribution in [0.1, 0.15) is 15.4 Å². The summed E-state index contributed by atoms with van der Waals surface area (Å²) in [6.45, 7) is 2.41. The van der Waals surface area contributed by atoms with Crippen LogP contribution in [-0.2, 0) is 6.54 Å². The number of aromatic nitrogens is 3. The first kappa shape index (κ1) is 22.2. The highest BCUT2D eigenvalue weighted by Gasteiger charge is 2.15. The Labute approximate surface area is 194 Å². The summed E-state index contributed by atoms with van der Waals surface area (Å²) in [5, 5.41) is 7.41. The van der Waals surface area contributed by atoms with Crippen LogP contribution < -0.4 is 20.3 Å². The van der Waals surface area contributed by atoms with Gasteiger partial charge in [-0.15, -0.1) is 11.3 Å². The second kappa shape index (κ2) is 10.1. The molecule has 168 valence electrons. The fraction of sp³-hybridized carbons (Fsp3) is 0.167. The molecule has 0 unspecified atom stereocenters. The van der Waals surface area contributed by atoms with Gasteiger partial charge in [0.25, 0.3) is 11.5 Å². The van der Waals surface area contributed by atoms with E-state index in [0.29, 0.717) is 10.9 Å². The molecular formula is C24H22N4O4S. The van der Waals surface area contributed by atoms with E-state index in [1.165, 1.54) is 28.2 Å². The molecule has 4 aromatic rings. The maximum atomic E-state index is 12.7. The number of anilines is 1. The van der Waals surface area contributed by atoms with Crippen LogP contribution in [0.2, 0.25) is 0 Å². The number of thiazole rings is 1. The average Bonchev–Trinajstić information content (AvgIpc) is 3.20. The van der Waals surface area contributed by atoms with Crippen molar-refractivity contribution in [3.63, 3.8) is 0 Å². The molecule has 0 fully saturated rings. The molecule has 0 bridgehead atoms. The number of carbonyl (C=O) groups excluding carboxylic acids is 1. The average molecular weight is 463 g/mol. The third-order valence-corrected chi connectivity index (χ3v) is 5.68. The van der Waals surface area contributed by atoms with E-state index in [1.807, 2.05) is 61.5 Å². The zero-order chi connectivity index (χ0) is 23.2. The minimum atomic E-state index is -0.442. The lowest BCUT2D eigenvalue weighted by Gasteiger charge is -2.08. The summed E-state index contributed by atoms with van der Waals surface area (Å²) >= 11 is 1.37. The van der Waals surface area contributed by atoms with Crippen molar-refractivity contribution in [3.05, 3.63) is 87.7 Å². The third kappa shape index (κ3) is 5.45. The summed E-state index contributed by atoms with van der Waals surface area (Å²) in [6, 6.07) is 19.6. The van der Waals surface area contributed by atoms with E-state index < -0.39 is 5.91 Å². The standard InChI is InChI=1S/C24H22N4O4S/c1-16-22(17-8-10-18(31-2)11-9-17)25-24(33-16)26-23(30)20-12-13-21(29)28(27-20)14-15-32-19-6-4-3-5-7-19/h3-13H,14-15H2,1-2H3,(H,25,26,30). The highest BCUT2D eigenvalue weighted by Crippen LogP contribution is 2.31. The quantitative estimate of drug-likeness (QED) is 0.425. The van der Waals surface area contributed by atoms with Gasteiger partial charge in [0.2, 0.25) is 0 Å². The van der Waals surface area contributed by atoms with Crippen LogP contribution in [0.5, 0.6) is 11.5 Å². The van der Waals surface area contributed by atoms with Gasteiger partial charge in [0.05, 0.1) is 19.3 Å². The summed E-state index contributed by atoms with van der Waals surface area (Å²) in [5.74, 6) is 1.02. The molecule has 1 N–H and O–H groups in total. The van der Waals surface area contributed by atoms with Crippen molar-refractivity contribution in [3.8, 4) is 22.8 Å². The number of methoxy groups -OCH3 is 1.